The summed E-state index contributed by atoms with van der Waals surface area (Å²) < 4.78 is 5.82. The van der Waals surface area contributed by atoms with Crippen molar-refractivity contribution in [2.24, 2.45) is 0 Å². The van der Waals surface area contributed by atoms with Crippen LogP contribution in [0.15, 0.2) is 34.7 Å². The molecule has 1 aromatic heterocycles. The highest BCUT2D eigenvalue weighted by atomic mass is 35.5. The molecule has 0 aliphatic heterocycles. The molecule has 2 rings (SSSR count). The highest BCUT2D eigenvalue weighted by Gasteiger charge is 2.09. The lowest BCUT2D eigenvalue weighted by Gasteiger charge is -2.09. The fraction of sp³-hybridized carbons (Fsp3) is 0.375. The molecule has 1 aromatic carbocycles. The molecule has 1 heterocycles. The number of hydrogen-bond donors (Lipinski definition) is 1. The Hall–Kier alpha value is -1.00. The predicted molar refractivity (Wildman–Crippen MR) is 89.0 cm³/mol. The molecule has 0 radical (unpaired) electrons. The Morgan fingerprint density at radius 1 is 1.14 bits per heavy atom. The average molecular weight is 327 g/mol. The van der Waals surface area contributed by atoms with Crippen molar-refractivity contribution in [3.63, 3.8) is 0 Å². The van der Waals surface area contributed by atoms with Crippen LogP contribution in [-0.4, -0.2) is 32.1 Å². The van der Waals surface area contributed by atoms with E-state index in [1.165, 1.54) is 0 Å². The van der Waals surface area contributed by atoms with E-state index in [2.05, 4.69) is 24.3 Å². The Balaban J connectivity index is 1.89. The third-order valence-corrected chi connectivity index (χ3v) is 3.66. The van der Waals surface area contributed by atoms with Crippen molar-refractivity contribution in [1.29, 1.82) is 0 Å². The molecule has 0 saturated heterocycles. The lowest BCUT2D eigenvalue weighted by Crippen LogP contribution is -2.20. The first-order chi connectivity index (χ1) is 10.1. The normalized spacial score (nSPS) is 11.3. The molecule has 0 spiro atoms. The van der Waals surface area contributed by atoms with Crippen LogP contribution in [0.25, 0.3) is 11.3 Å². The van der Waals surface area contributed by atoms with Gasteiger partial charge in [-0.25, -0.2) is 0 Å². The van der Waals surface area contributed by atoms with E-state index in [-0.39, 0.29) is 0 Å². The quantitative estimate of drug-likeness (QED) is 0.769. The zero-order valence-electron chi connectivity index (χ0n) is 12.3. The van der Waals surface area contributed by atoms with Crippen LogP contribution >= 0.6 is 23.2 Å². The summed E-state index contributed by atoms with van der Waals surface area (Å²) in [5.74, 6) is 1.67. The van der Waals surface area contributed by atoms with Crippen molar-refractivity contribution < 1.29 is 4.42 Å². The van der Waals surface area contributed by atoms with Crippen molar-refractivity contribution in [2.75, 3.05) is 27.2 Å². The van der Waals surface area contributed by atoms with Crippen LogP contribution in [0, 0.1) is 0 Å². The Bertz CT molecular complexity index is 581. The van der Waals surface area contributed by atoms with Crippen LogP contribution in [0.4, 0.5) is 0 Å². The van der Waals surface area contributed by atoms with E-state index >= 15 is 0 Å². The standard InChI is InChI=1S/C16H20Cl2N2O/c1-20(2)9-3-8-19-11-13-5-7-16(21-13)14-6-4-12(17)10-15(14)18/h4-7,10,19H,3,8-9,11H2,1-2H3. The summed E-state index contributed by atoms with van der Waals surface area (Å²) in [7, 11) is 4.16. The summed E-state index contributed by atoms with van der Waals surface area (Å²) in [5, 5.41) is 4.59. The predicted octanol–water partition coefficient (Wildman–Crippen LogP) is 4.29. The van der Waals surface area contributed by atoms with E-state index in [9.17, 15) is 0 Å². The molecule has 0 atom stereocenters. The first-order valence-corrected chi connectivity index (χ1v) is 7.71. The van der Waals surface area contributed by atoms with Crippen LogP contribution in [0.1, 0.15) is 12.2 Å². The van der Waals surface area contributed by atoms with Gasteiger partial charge in [0, 0.05) is 10.6 Å². The summed E-state index contributed by atoms with van der Waals surface area (Å²) in [6.07, 6.45) is 1.11. The van der Waals surface area contributed by atoms with Gasteiger partial charge in [-0.1, -0.05) is 23.2 Å². The van der Waals surface area contributed by atoms with Crippen LogP contribution in [-0.2, 0) is 6.54 Å². The van der Waals surface area contributed by atoms with Crippen molar-refractivity contribution >= 4 is 23.2 Å². The maximum Gasteiger partial charge on any atom is 0.135 e. The van der Waals surface area contributed by atoms with E-state index < -0.39 is 0 Å². The third-order valence-electron chi connectivity index (χ3n) is 3.12. The van der Waals surface area contributed by atoms with E-state index in [0.29, 0.717) is 10.0 Å². The summed E-state index contributed by atoms with van der Waals surface area (Å²) in [5.41, 5.74) is 0.861. The van der Waals surface area contributed by atoms with Crippen molar-refractivity contribution in [1.82, 2.24) is 10.2 Å². The van der Waals surface area contributed by atoms with Gasteiger partial charge < -0.3 is 14.6 Å². The second-order valence-corrected chi connectivity index (χ2v) is 6.07. The van der Waals surface area contributed by atoms with Gasteiger partial charge in [0.05, 0.1) is 11.6 Å². The van der Waals surface area contributed by atoms with Gasteiger partial charge in [0.15, 0.2) is 0 Å². The SMILES string of the molecule is CN(C)CCCNCc1ccc(-c2ccc(Cl)cc2Cl)o1. The van der Waals surface area contributed by atoms with Gasteiger partial charge in [-0.2, -0.15) is 0 Å². The molecule has 3 nitrogen and oxygen atoms in total. The Labute approximate surface area is 135 Å². The Morgan fingerprint density at radius 2 is 1.95 bits per heavy atom. The molecule has 0 bridgehead atoms. The molecule has 0 fully saturated rings. The average Bonchev–Trinajstić information content (AvgIpc) is 2.86. The zero-order chi connectivity index (χ0) is 15.2. The maximum absolute atomic E-state index is 6.18. The molecule has 0 aliphatic carbocycles. The molecular formula is C16H20Cl2N2O. The molecule has 2 aromatic rings. The van der Waals surface area contributed by atoms with Crippen LogP contribution < -0.4 is 5.32 Å². The molecule has 0 saturated carbocycles. The number of nitrogens with one attached hydrogen (secondary N) is 1. The molecule has 0 amide bonds. The highest BCUT2D eigenvalue weighted by molar-refractivity contribution is 6.36. The van der Waals surface area contributed by atoms with E-state index in [1.807, 2.05) is 24.3 Å². The summed E-state index contributed by atoms with van der Waals surface area (Å²) in [6, 6.07) is 9.31. The van der Waals surface area contributed by atoms with E-state index in [1.54, 1.807) is 6.07 Å². The third kappa shape index (κ3) is 5.04. The minimum Gasteiger partial charge on any atom is -0.460 e. The second kappa shape index (κ2) is 7.85. The van der Waals surface area contributed by atoms with Gasteiger partial charge in [-0.15, -0.1) is 0 Å². The first-order valence-electron chi connectivity index (χ1n) is 6.96. The first kappa shape index (κ1) is 16.4. The van der Waals surface area contributed by atoms with Crippen molar-refractivity contribution in [2.45, 2.75) is 13.0 Å². The Kier molecular flexibility index (Phi) is 6.12. The number of furan rings is 1. The molecule has 0 aliphatic rings. The number of halogens is 2. The number of hydrogen-bond acceptors (Lipinski definition) is 3. The number of rotatable bonds is 7. The lowest BCUT2D eigenvalue weighted by molar-refractivity contribution is 0.391. The fourth-order valence-corrected chi connectivity index (χ4v) is 2.54. The smallest absolute Gasteiger partial charge is 0.135 e. The minimum atomic E-state index is 0.599. The minimum absolute atomic E-state index is 0.599. The van der Waals surface area contributed by atoms with Crippen LogP contribution in [0.2, 0.25) is 10.0 Å². The van der Waals surface area contributed by atoms with Gasteiger partial charge in [0.1, 0.15) is 11.5 Å². The number of benzene rings is 1. The van der Waals surface area contributed by atoms with Gasteiger partial charge >= 0.3 is 0 Å². The molecule has 5 heteroatoms. The summed E-state index contributed by atoms with van der Waals surface area (Å²) in [4.78, 5) is 2.18. The topological polar surface area (TPSA) is 28.4 Å². The molecule has 21 heavy (non-hydrogen) atoms. The van der Waals surface area contributed by atoms with Gasteiger partial charge in [0.2, 0.25) is 0 Å². The zero-order valence-corrected chi connectivity index (χ0v) is 13.8. The Morgan fingerprint density at radius 3 is 2.67 bits per heavy atom. The van der Waals surface area contributed by atoms with Crippen molar-refractivity contribution in [3.05, 3.63) is 46.1 Å². The van der Waals surface area contributed by atoms with E-state index in [0.717, 1.165) is 43.1 Å². The molecule has 1 N–H and O–H groups in total. The van der Waals surface area contributed by atoms with Crippen molar-refractivity contribution in [3.8, 4) is 11.3 Å². The number of nitrogens with zero attached hydrogens (tertiary/aromatic N) is 1. The summed E-state index contributed by atoms with van der Waals surface area (Å²) in [6.45, 7) is 2.77. The second-order valence-electron chi connectivity index (χ2n) is 5.22. The lowest BCUT2D eigenvalue weighted by atomic mass is 10.2. The summed E-state index contributed by atoms with van der Waals surface area (Å²) >= 11 is 12.1. The van der Waals surface area contributed by atoms with Gasteiger partial charge in [-0.3, -0.25) is 0 Å². The molecule has 0 unspecified atom stereocenters. The largest absolute Gasteiger partial charge is 0.460 e. The highest BCUT2D eigenvalue weighted by Crippen LogP contribution is 2.31. The maximum atomic E-state index is 6.18. The van der Waals surface area contributed by atoms with Crippen LogP contribution in [0.5, 0.6) is 0 Å². The monoisotopic (exact) mass is 326 g/mol. The van der Waals surface area contributed by atoms with Crippen LogP contribution in [0.3, 0.4) is 0 Å². The molecular weight excluding hydrogens is 307 g/mol. The van der Waals surface area contributed by atoms with E-state index in [4.69, 9.17) is 27.6 Å². The van der Waals surface area contributed by atoms with Gasteiger partial charge in [-0.05, 0) is 63.9 Å². The molecule has 114 valence electrons. The fourth-order valence-electron chi connectivity index (χ4n) is 2.04. The van der Waals surface area contributed by atoms with Gasteiger partial charge in [0.25, 0.3) is 0 Å².